The molecule has 1 amide bonds. The minimum Gasteiger partial charge on any atom is -0.377 e. The van der Waals surface area contributed by atoms with Crippen LogP contribution in [0.2, 0.25) is 0 Å². The largest absolute Gasteiger partial charge is 0.377 e. The molecule has 1 atom stereocenters. The van der Waals surface area contributed by atoms with Gasteiger partial charge in [0, 0.05) is 25.3 Å². The van der Waals surface area contributed by atoms with E-state index >= 15 is 0 Å². The van der Waals surface area contributed by atoms with Crippen LogP contribution < -0.4 is 5.32 Å². The van der Waals surface area contributed by atoms with E-state index in [1.54, 1.807) is 38.4 Å². The quantitative estimate of drug-likeness (QED) is 0.879. The zero-order valence-electron chi connectivity index (χ0n) is 10.1. The van der Waals surface area contributed by atoms with Gasteiger partial charge in [-0.1, -0.05) is 0 Å². The van der Waals surface area contributed by atoms with Crippen molar-refractivity contribution in [2.24, 2.45) is 0 Å². The summed E-state index contributed by atoms with van der Waals surface area (Å²) >= 11 is 0. The van der Waals surface area contributed by atoms with Crippen molar-refractivity contribution in [3.63, 3.8) is 0 Å². The maximum atomic E-state index is 12.3. The number of carbonyl (C=O) groups excluding carboxylic acids is 1. The minimum atomic E-state index is -2.42. The second kappa shape index (κ2) is 5.61. The van der Waals surface area contributed by atoms with Gasteiger partial charge in [-0.2, -0.15) is 0 Å². The van der Waals surface area contributed by atoms with Crippen LogP contribution in [0.25, 0.3) is 0 Å². The summed E-state index contributed by atoms with van der Waals surface area (Å²) in [6.45, 7) is 1.41. The van der Waals surface area contributed by atoms with E-state index in [1.165, 1.54) is 11.8 Å². The highest BCUT2D eigenvalue weighted by atomic mass is 19.3. The van der Waals surface area contributed by atoms with E-state index in [0.717, 1.165) is 0 Å². The number of halogens is 2. The van der Waals surface area contributed by atoms with E-state index in [9.17, 15) is 13.6 Å². The molecule has 5 heteroatoms. The molecule has 0 aliphatic heterocycles. The molecule has 0 aliphatic carbocycles. The average Bonchev–Trinajstić information content (AvgIpc) is 2.28. The number of nitrogens with one attached hydrogen (secondary N) is 1. The van der Waals surface area contributed by atoms with Gasteiger partial charge in [0.1, 0.15) is 0 Å². The summed E-state index contributed by atoms with van der Waals surface area (Å²) in [7, 11) is 3.32. The SMILES string of the molecule is CC(Nc1ccc(C(=O)N(C)C)cc1)C(F)F. The number of hydrogen-bond donors (Lipinski definition) is 1. The lowest BCUT2D eigenvalue weighted by Crippen LogP contribution is -2.24. The zero-order valence-corrected chi connectivity index (χ0v) is 10.1. The number of rotatable bonds is 4. The third kappa shape index (κ3) is 3.69. The van der Waals surface area contributed by atoms with Crippen LogP contribution in [-0.4, -0.2) is 37.4 Å². The van der Waals surface area contributed by atoms with Gasteiger partial charge in [0.25, 0.3) is 12.3 Å². The van der Waals surface area contributed by atoms with Gasteiger partial charge >= 0.3 is 0 Å². The molecule has 1 unspecified atom stereocenters. The van der Waals surface area contributed by atoms with Crippen LogP contribution >= 0.6 is 0 Å². The van der Waals surface area contributed by atoms with Crippen molar-refractivity contribution in [1.82, 2.24) is 4.90 Å². The fourth-order valence-electron chi connectivity index (χ4n) is 1.29. The topological polar surface area (TPSA) is 32.3 Å². The predicted octanol–water partition coefficient (Wildman–Crippen LogP) is 2.45. The average molecular weight is 242 g/mol. The first kappa shape index (κ1) is 13.4. The zero-order chi connectivity index (χ0) is 13.0. The Labute approximate surface area is 99.4 Å². The number of benzene rings is 1. The Morgan fingerprint density at radius 2 is 1.76 bits per heavy atom. The first-order valence-corrected chi connectivity index (χ1v) is 5.28. The number of nitrogens with zero attached hydrogens (tertiary/aromatic N) is 1. The van der Waals surface area contributed by atoms with Crippen molar-refractivity contribution in [3.05, 3.63) is 29.8 Å². The van der Waals surface area contributed by atoms with E-state index in [0.29, 0.717) is 11.3 Å². The number of alkyl halides is 2. The lowest BCUT2D eigenvalue weighted by atomic mass is 10.2. The molecule has 1 aromatic carbocycles. The molecular formula is C12H16F2N2O. The molecule has 0 aromatic heterocycles. The number of amides is 1. The van der Waals surface area contributed by atoms with Gasteiger partial charge in [-0.05, 0) is 31.2 Å². The Hall–Kier alpha value is -1.65. The number of anilines is 1. The monoisotopic (exact) mass is 242 g/mol. The highest BCUT2D eigenvalue weighted by molar-refractivity contribution is 5.94. The van der Waals surface area contributed by atoms with Crippen molar-refractivity contribution in [3.8, 4) is 0 Å². The molecule has 0 saturated carbocycles. The Bertz CT molecular complexity index is 377. The fraction of sp³-hybridized carbons (Fsp3) is 0.417. The van der Waals surface area contributed by atoms with Crippen LogP contribution in [0, 0.1) is 0 Å². The highest BCUT2D eigenvalue weighted by Gasteiger charge is 2.14. The van der Waals surface area contributed by atoms with E-state index in [4.69, 9.17) is 0 Å². The molecule has 1 rings (SSSR count). The summed E-state index contributed by atoms with van der Waals surface area (Å²) < 4.78 is 24.6. The summed E-state index contributed by atoms with van der Waals surface area (Å²) in [5.74, 6) is -0.113. The molecule has 0 fully saturated rings. The van der Waals surface area contributed by atoms with Crippen molar-refractivity contribution in [2.75, 3.05) is 19.4 Å². The normalized spacial score (nSPS) is 12.4. The summed E-state index contributed by atoms with van der Waals surface area (Å²) in [5, 5.41) is 2.66. The highest BCUT2D eigenvalue weighted by Crippen LogP contribution is 2.14. The third-order valence-electron chi connectivity index (χ3n) is 2.31. The van der Waals surface area contributed by atoms with Gasteiger partial charge in [0.2, 0.25) is 0 Å². The molecule has 1 N–H and O–H groups in total. The van der Waals surface area contributed by atoms with E-state index in [2.05, 4.69) is 5.32 Å². The molecule has 0 saturated heterocycles. The van der Waals surface area contributed by atoms with Crippen molar-refractivity contribution < 1.29 is 13.6 Å². The smallest absolute Gasteiger partial charge is 0.258 e. The van der Waals surface area contributed by atoms with Crippen LogP contribution in [0.4, 0.5) is 14.5 Å². The van der Waals surface area contributed by atoms with E-state index < -0.39 is 12.5 Å². The first-order valence-electron chi connectivity index (χ1n) is 5.28. The molecule has 0 aliphatic rings. The fourth-order valence-corrected chi connectivity index (χ4v) is 1.29. The van der Waals surface area contributed by atoms with Crippen molar-refractivity contribution >= 4 is 11.6 Å². The number of carbonyl (C=O) groups is 1. The molecule has 17 heavy (non-hydrogen) atoms. The summed E-state index contributed by atoms with van der Waals surface area (Å²) in [6, 6.07) is 5.56. The van der Waals surface area contributed by atoms with E-state index in [1.807, 2.05) is 0 Å². The lowest BCUT2D eigenvalue weighted by molar-refractivity contribution is 0.0827. The second-order valence-electron chi connectivity index (χ2n) is 4.04. The summed E-state index contributed by atoms with van der Waals surface area (Å²) in [5.41, 5.74) is 1.11. The predicted molar refractivity (Wildman–Crippen MR) is 63.5 cm³/mol. The van der Waals surface area contributed by atoms with Gasteiger partial charge < -0.3 is 10.2 Å². The molecule has 94 valence electrons. The van der Waals surface area contributed by atoms with Crippen LogP contribution in [0.15, 0.2) is 24.3 Å². The Kier molecular flexibility index (Phi) is 4.43. The van der Waals surface area contributed by atoms with Crippen LogP contribution in [0.5, 0.6) is 0 Å². The first-order chi connectivity index (χ1) is 7.91. The lowest BCUT2D eigenvalue weighted by Gasteiger charge is -2.15. The Balaban J connectivity index is 2.72. The number of hydrogen-bond acceptors (Lipinski definition) is 2. The van der Waals surface area contributed by atoms with Crippen molar-refractivity contribution in [2.45, 2.75) is 19.4 Å². The van der Waals surface area contributed by atoms with Gasteiger partial charge in [0.05, 0.1) is 6.04 Å². The second-order valence-corrected chi connectivity index (χ2v) is 4.04. The van der Waals surface area contributed by atoms with Crippen LogP contribution in [0.3, 0.4) is 0 Å². The molecule has 1 aromatic rings. The van der Waals surface area contributed by atoms with Crippen molar-refractivity contribution in [1.29, 1.82) is 0 Å². The molecule has 3 nitrogen and oxygen atoms in total. The van der Waals surface area contributed by atoms with Gasteiger partial charge in [-0.15, -0.1) is 0 Å². The molecule has 0 heterocycles. The Morgan fingerprint density at radius 3 is 2.18 bits per heavy atom. The third-order valence-corrected chi connectivity index (χ3v) is 2.31. The molecular weight excluding hydrogens is 226 g/mol. The summed E-state index contributed by atoms with van der Waals surface area (Å²) in [6.07, 6.45) is -2.42. The van der Waals surface area contributed by atoms with Gasteiger partial charge in [0.15, 0.2) is 0 Å². The van der Waals surface area contributed by atoms with E-state index in [-0.39, 0.29) is 5.91 Å². The maximum Gasteiger partial charge on any atom is 0.258 e. The standard InChI is InChI=1S/C12H16F2N2O/c1-8(11(13)14)15-10-6-4-9(5-7-10)12(17)16(2)3/h4-8,11,15H,1-3H3. The minimum absolute atomic E-state index is 0.113. The Morgan fingerprint density at radius 1 is 1.24 bits per heavy atom. The van der Waals surface area contributed by atoms with Gasteiger partial charge in [-0.25, -0.2) is 8.78 Å². The molecule has 0 bridgehead atoms. The van der Waals surface area contributed by atoms with Crippen LogP contribution in [-0.2, 0) is 0 Å². The molecule has 0 spiro atoms. The van der Waals surface area contributed by atoms with Crippen LogP contribution in [0.1, 0.15) is 17.3 Å². The maximum absolute atomic E-state index is 12.3. The summed E-state index contributed by atoms with van der Waals surface area (Å²) in [4.78, 5) is 13.0. The molecule has 0 radical (unpaired) electrons. The van der Waals surface area contributed by atoms with Gasteiger partial charge in [-0.3, -0.25) is 4.79 Å².